The number of nitrogens with zero attached hydrogens (tertiary/aromatic N) is 3. The van der Waals surface area contributed by atoms with E-state index in [9.17, 15) is 4.79 Å². The quantitative estimate of drug-likeness (QED) is 0.849. The highest BCUT2D eigenvalue weighted by Crippen LogP contribution is 2.28. The molecule has 1 amide bonds. The summed E-state index contributed by atoms with van der Waals surface area (Å²) >= 11 is 0. The number of carbonyl (C=O) groups is 1. The van der Waals surface area contributed by atoms with Crippen molar-refractivity contribution < 1.29 is 14.3 Å². The fourth-order valence-corrected chi connectivity index (χ4v) is 3.95. The van der Waals surface area contributed by atoms with Crippen LogP contribution in [-0.4, -0.2) is 53.2 Å². The molecule has 138 valence electrons. The van der Waals surface area contributed by atoms with E-state index >= 15 is 0 Å². The lowest BCUT2D eigenvalue weighted by Gasteiger charge is -2.33. The van der Waals surface area contributed by atoms with Gasteiger partial charge in [0.1, 0.15) is 0 Å². The average Bonchev–Trinajstić information content (AvgIpc) is 3.30. The Morgan fingerprint density at radius 3 is 2.38 bits per heavy atom. The van der Waals surface area contributed by atoms with E-state index in [1.165, 1.54) is 0 Å². The molecule has 3 heterocycles. The molecule has 2 aliphatic heterocycles. The fourth-order valence-electron chi connectivity index (χ4n) is 3.95. The molecule has 2 saturated heterocycles. The molecule has 0 saturated carbocycles. The zero-order valence-electron chi connectivity index (χ0n) is 15.4. The number of benzene rings is 1. The second-order valence-electron chi connectivity index (χ2n) is 7.03. The van der Waals surface area contributed by atoms with Crippen molar-refractivity contribution in [3.05, 3.63) is 47.3 Å². The second kappa shape index (κ2) is 7.21. The summed E-state index contributed by atoms with van der Waals surface area (Å²) in [6.45, 7) is 6.71. The molecular weight excluding hydrogens is 330 g/mol. The number of carbonyl (C=O) groups excluding carboxylic acids is 1. The molecule has 1 aromatic heterocycles. The van der Waals surface area contributed by atoms with Crippen molar-refractivity contribution >= 4 is 5.91 Å². The van der Waals surface area contributed by atoms with Gasteiger partial charge in [-0.2, -0.15) is 5.10 Å². The van der Waals surface area contributed by atoms with Crippen LogP contribution < -0.4 is 0 Å². The largest absolute Gasteiger partial charge is 0.350 e. The molecule has 0 N–H and O–H groups in total. The molecule has 2 fully saturated rings. The minimum absolute atomic E-state index is 0.0777. The Labute approximate surface area is 153 Å². The third kappa shape index (κ3) is 3.15. The summed E-state index contributed by atoms with van der Waals surface area (Å²) < 4.78 is 13.1. The van der Waals surface area contributed by atoms with E-state index in [-0.39, 0.29) is 12.2 Å². The third-order valence-corrected chi connectivity index (χ3v) is 5.37. The number of amides is 1. The summed E-state index contributed by atoms with van der Waals surface area (Å²) in [4.78, 5) is 15.1. The molecule has 0 bridgehead atoms. The highest BCUT2D eigenvalue weighted by Gasteiger charge is 2.33. The van der Waals surface area contributed by atoms with E-state index < -0.39 is 0 Å². The smallest absolute Gasteiger partial charge is 0.257 e. The number of piperidine rings is 1. The van der Waals surface area contributed by atoms with Crippen molar-refractivity contribution in [2.45, 2.75) is 33.0 Å². The number of likely N-dealkylation sites (tertiary alicyclic amines) is 1. The molecule has 1 aromatic carbocycles. The molecule has 26 heavy (non-hydrogen) atoms. The van der Waals surface area contributed by atoms with Crippen molar-refractivity contribution in [3.63, 3.8) is 0 Å². The number of hydrogen-bond donors (Lipinski definition) is 0. The van der Waals surface area contributed by atoms with Gasteiger partial charge in [-0.05, 0) is 38.8 Å². The van der Waals surface area contributed by atoms with Gasteiger partial charge in [-0.15, -0.1) is 0 Å². The molecule has 6 nitrogen and oxygen atoms in total. The number of hydrogen-bond acceptors (Lipinski definition) is 4. The van der Waals surface area contributed by atoms with Crippen molar-refractivity contribution in [1.29, 1.82) is 0 Å². The van der Waals surface area contributed by atoms with E-state index in [4.69, 9.17) is 9.47 Å². The summed E-state index contributed by atoms with van der Waals surface area (Å²) in [7, 11) is 0. The van der Waals surface area contributed by atoms with Gasteiger partial charge in [0.2, 0.25) is 0 Å². The van der Waals surface area contributed by atoms with Gasteiger partial charge in [0.15, 0.2) is 6.29 Å². The first-order valence-electron chi connectivity index (χ1n) is 9.29. The van der Waals surface area contributed by atoms with Crippen LogP contribution >= 0.6 is 0 Å². The molecule has 0 radical (unpaired) electrons. The first kappa shape index (κ1) is 17.2. The first-order chi connectivity index (χ1) is 12.6. The van der Waals surface area contributed by atoms with E-state index in [0.29, 0.717) is 19.1 Å². The minimum atomic E-state index is -0.0865. The standard InChI is InChI=1S/C20H25N3O3/c1-14-18(15(2)23(21-14)17-6-4-3-5-7-17)19(24)22-10-8-16(9-11-22)20-25-12-13-26-20/h3-7,16,20H,8-13H2,1-2H3. The molecular formula is C20H25N3O3. The molecule has 2 aliphatic rings. The molecule has 0 unspecified atom stereocenters. The van der Waals surface area contributed by atoms with Crippen molar-refractivity contribution in [2.75, 3.05) is 26.3 Å². The van der Waals surface area contributed by atoms with E-state index in [0.717, 1.165) is 48.6 Å². The van der Waals surface area contributed by atoms with Crippen LogP contribution in [0.25, 0.3) is 5.69 Å². The number of aromatic nitrogens is 2. The highest BCUT2D eigenvalue weighted by atomic mass is 16.7. The number of para-hydroxylation sites is 1. The van der Waals surface area contributed by atoms with Gasteiger partial charge >= 0.3 is 0 Å². The van der Waals surface area contributed by atoms with Gasteiger partial charge in [-0.1, -0.05) is 18.2 Å². The predicted molar refractivity (Wildman–Crippen MR) is 97.4 cm³/mol. The maximum Gasteiger partial charge on any atom is 0.257 e. The van der Waals surface area contributed by atoms with Crippen molar-refractivity contribution in [1.82, 2.24) is 14.7 Å². The lowest BCUT2D eigenvalue weighted by molar-refractivity contribution is -0.0956. The lowest BCUT2D eigenvalue weighted by atomic mass is 9.95. The number of rotatable bonds is 3. The number of aryl methyl sites for hydroxylation is 1. The summed E-state index contributed by atoms with van der Waals surface area (Å²) in [5, 5.41) is 4.60. The van der Waals surface area contributed by atoms with Gasteiger partial charge in [0.25, 0.3) is 5.91 Å². The van der Waals surface area contributed by atoms with Crippen LogP contribution in [0.3, 0.4) is 0 Å². The maximum absolute atomic E-state index is 13.1. The topological polar surface area (TPSA) is 56.6 Å². The molecule has 4 rings (SSSR count). The lowest BCUT2D eigenvalue weighted by Crippen LogP contribution is -2.41. The zero-order chi connectivity index (χ0) is 18.1. The zero-order valence-corrected chi connectivity index (χ0v) is 15.4. The predicted octanol–water partition coefficient (Wildman–Crippen LogP) is 2.71. The van der Waals surface area contributed by atoms with Crippen LogP contribution in [0, 0.1) is 19.8 Å². The molecule has 0 aliphatic carbocycles. The van der Waals surface area contributed by atoms with Gasteiger partial charge in [-0.3, -0.25) is 4.79 Å². The Balaban J connectivity index is 1.49. The minimum Gasteiger partial charge on any atom is -0.350 e. The van der Waals surface area contributed by atoms with Gasteiger partial charge < -0.3 is 14.4 Å². The fraction of sp³-hybridized carbons (Fsp3) is 0.500. The van der Waals surface area contributed by atoms with E-state index in [1.807, 2.05) is 53.8 Å². The number of ether oxygens (including phenoxy) is 2. The second-order valence-corrected chi connectivity index (χ2v) is 7.03. The van der Waals surface area contributed by atoms with E-state index in [2.05, 4.69) is 5.10 Å². The Morgan fingerprint density at radius 1 is 1.08 bits per heavy atom. The summed E-state index contributed by atoms with van der Waals surface area (Å²) in [6.07, 6.45) is 1.75. The summed E-state index contributed by atoms with van der Waals surface area (Å²) in [5.74, 6) is 0.463. The van der Waals surface area contributed by atoms with Crippen LogP contribution in [0.2, 0.25) is 0 Å². The van der Waals surface area contributed by atoms with Gasteiger partial charge in [0.05, 0.1) is 35.9 Å². The molecule has 0 spiro atoms. The molecule has 2 aromatic rings. The normalized spacial score (nSPS) is 19.2. The van der Waals surface area contributed by atoms with Gasteiger partial charge in [-0.25, -0.2) is 4.68 Å². The van der Waals surface area contributed by atoms with Crippen LogP contribution in [0.15, 0.2) is 30.3 Å². The Bertz CT molecular complexity index is 773. The summed E-state index contributed by atoms with van der Waals surface area (Å²) in [5.41, 5.74) is 3.37. The SMILES string of the molecule is Cc1nn(-c2ccccc2)c(C)c1C(=O)N1CCC(C2OCCO2)CC1. The van der Waals surface area contributed by atoms with Gasteiger partial charge in [0, 0.05) is 19.0 Å². The molecule has 6 heteroatoms. The van der Waals surface area contributed by atoms with Crippen LogP contribution in [0.5, 0.6) is 0 Å². The third-order valence-electron chi connectivity index (χ3n) is 5.37. The molecule has 0 atom stereocenters. The Kier molecular flexibility index (Phi) is 4.78. The van der Waals surface area contributed by atoms with Crippen molar-refractivity contribution in [3.8, 4) is 5.69 Å². The van der Waals surface area contributed by atoms with Crippen LogP contribution in [-0.2, 0) is 9.47 Å². The Morgan fingerprint density at radius 2 is 1.73 bits per heavy atom. The first-order valence-corrected chi connectivity index (χ1v) is 9.29. The van der Waals surface area contributed by atoms with Crippen LogP contribution in [0.4, 0.5) is 0 Å². The maximum atomic E-state index is 13.1. The Hall–Kier alpha value is -2.18. The average molecular weight is 355 g/mol. The van der Waals surface area contributed by atoms with Crippen LogP contribution in [0.1, 0.15) is 34.6 Å². The monoisotopic (exact) mass is 355 g/mol. The van der Waals surface area contributed by atoms with Crippen molar-refractivity contribution in [2.24, 2.45) is 5.92 Å². The summed E-state index contributed by atoms with van der Waals surface area (Å²) in [6, 6.07) is 9.93. The highest BCUT2D eigenvalue weighted by molar-refractivity contribution is 5.96. The van der Waals surface area contributed by atoms with E-state index in [1.54, 1.807) is 0 Å².